The second kappa shape index (κ2) is 6.39. The number of hydrogen-bond acceptors (Lipinski definition) is 2. The first-order chi connectivity index (χ1) is 12.4. The fourth-order valence-electron chi connectivity index (χ4n) is 3.51. The number of nitrogens with zero attached hydrogens (tertiary/aromatic N) is 2. The molecule has 26 heavy (non-hydrogen) atoms. The molecule has 1 aliphatic rings. The first kappa shape index (κ1) is 17.0. The van der Waals surface area contributed by atoms with E-state index in [1.165, 1.54) is 17.0 Å². The van der Waals surface area contributed by atoms with Crippen LogP contribution < -0.4 is 0 Å². The first-order valence-corrected chi connectivity index (χ1v) is 8.45. The molecule has 1 unspecified atom stereocenters. The average molecular weight is 363 g/mol. The van der Waals surface area contributed by atoms with Crippen molar-refractivity contribution >= 4 is 11.0 Å². The van der Waals surface area contributed by atoms with E-state index < -0.39 is 12.2 Å². The van der Waals surface area contributed by atoms with Crippen LogP contribution in [0.4, 0.5) is 17.6 Å². The molecular formula is C19H17F4N3. The van der Waals surface area contributed by atoms with E-state index in [0.29, 0.717) is 29.8 Å². The molecule has 4 rings (SSSR count). The number of benzene rings is 2. The predicted octanol–water partition coefficient (Wildman–Crippen LogP) is 4.90. The lowest BCUT2D eigenvalue weighted by atomic mass is 10.1. The molecule has 0 saturated carbocycles. The number of likely N-dealkylation sites (tertiary alicyclic amines) is 1. The summed E-state index contributed by atoms with van der Waals surface area (Å²) in [6.07, 6.45) is -3.45. The highest BCUT2D eigenvalue weighted by atomic mass is 19.4. The molecule has 1 saturated heterocycles. The normalized spacial score (nSPS) is 18.7. The van der Waals surface area contributed by atoms with Crippen molar-refractivity contribution in [2.45, 2.75) is 31.6 Å². The number of nitrogens with one attached hydrogen (secondary N) is 1. The fourth-order valence-corrected chi connectivity index (χ4v) is 3.51. The average Bonchev–Trinajstić information content (AvgIpc) is 3.21. The third-order valence-corrected chi connectivity index (χ3v) is 4.80. The lowest BCUT2D eigenvalue weighted by Gasteiger charge is -2.26. The Kier molecular flexibility index (Phi) is 4.19. The molecule has 1 aromatic heterocycles. The number of H-pyrrole nitrogens is 1. The highest BCUT2D eigenvalue weighted by Crippen LogP contribution is 2.33. The molecule has 136 valence electrons. The Labute approximate surface area is 147 Å². The SMILES string of the molecule is Fc1ccc2nc(-c3ccc(CN4CCCC4C(F)(F)F)cc3)[nH]c2c1. The molecule has 3 nitrogen and oxygen atoms in total. The van der Waals surface area contributed by atoms with E-state index in [0.717, 1.165) is 11.1 Å². The number of aromatic nitrogens is 2. The zero-order valence-electron chi connectivity index (χ0n) is 13.9. The van der Waals surface area contributed by atoms with Crippen LogP contribution in [-0.2, 0) is 6.54 Å². The van der Waals surface area contributed by atoms with Gasteiger partial charge in [-0.3, -0.25) is 4.90 Å². The van der Waals surface area contributed by atoms with Crippen LogP contribution >= 0.6 is 0 Å². The van der Waals surface area contributed by atoms with Gasteiger partial charge in [-0.15, -0.1) is 0 Å². The van der Waals surface area contributed by atoms with Gasteiger partial charge >= 0.3 is 6.18 Å². The molecule has 1 atom stereocenters. The molecule has 0 radical (unpaired) electrons. The number of hydrogen-bond donors (Lipinski definition) is 1. The van der Waals surface area contributed by atoms with Crippen LogP contribution in [0.25, 0.3) is 22.4 Å². The zero-order valence-corrected chi connectivity index (χ0v) is 13.9. The van der Waals surface area contributed by atoms with Crippen molar-refractivity contribution in [2.75, 3.05) is 6.54 Å². The van der Waals surface area contributed by atoms with Crippen molar-refractivity contribution in [3.63, 3.8) is 0 Å². The minimum atomic E-state index is -4.18. The monoisotopic (exact) mass is 363 g/mol. The summed E-state index contributed by atoms with van der Waals surface area (Å²) in [5.74, 6) is 0.263. The Bertz CT molecular complexity index is 915. The van der Waals surface area contributed by atoms with E-state index in [4.69, 9.17) is 0 Å². The summed E-state index contributed by atoms with van der Waals surface area (Å²) >= 11 is 0. The molecule has 0 spiro atoms. The zero-order chi connectivity index (χ0) is 18.3. The molecule has 0 bridgehead atoms. The second-order valence-electron chi connectivity index (χ2n) is 6.61. The number of rotatable bonds is 3. The van der Waals surface area contributed by atoms with E-state index in [1.54, 1.807) is 6.07 Å². The van der Waals surface area contributed by atoms with Crippen LogP contribution in [0.2, 0.25) is 0 Å². The number of fused-ring (bicyclic) bond motifs is 1. The molecule has 0 amide bonds. The third kappa shape index (κ3) is 3.31. The van der Waals surface area contributed by atoms with Gasteiger partial charge in [0.15, 0.2) is 0 Å². The Balaban J connectivity index is 1.53. The highest BCUT2D eigenvalue weighted by Gasteiger charge is 2.45. The summed E-state index contributed by atoms with van der Waals surface area (Å²) in [5.41, 5.74) is 2.90. The number of aromatic amines is 1. The van der Waals surface area contributed by atoms with E-state index >= 15 is 0 Å². The summed E-state index contributed by atoms with van der Waals surface area (Å²) in [5, 5.41) is 0. The molecule has 1 aliphatic heterocycles. The summed E-state index contributed by atoms with van der Waals surface area (Å²) in [6, 6.07) is 10.2. The Morgan fingerprint density at radius 1 is 1.12 bits per heavy atom. The Hall–Kier alpha value is -2.41. The summed E-state index contributed by atoms with van der Waals surface area (Å²) < 4.78 is 52.4. The molecule has 2 heterocycles. The highest BCUT2D eigenvalue weighted by molar-refractivity contribution is 5.79. The van der Waals surface area contributed by atoms with Gasteiger partial charge in [-0.1, -0.05) is 24.3 Å². The Morgan fingerprint density at radius 3 is 2.62 bits per heavy atom. The van der Waals surface area contributed by atoms with Crippen LogP contribution in [-0.4, -0.2) is 33.6 Å². The molecule has 1 N–H and O–H groups in total. The van der Waals surface area contributed by atoms with Gasteiger partial charge in [-0.05, 0) is 43.1 Å². The Morgan fingerprint density at radius 2 is 1.88 bits per heavy atom. The fraction of sp³-hybridized carbons (Fsp3) is 0.316. The van der Waals surface area contributed by atoms with Crippen molar-refractivity contribution < 1.29 is 17.6 Å². The van der Waals surface area contributed by atoms with E-state index in [-0.39, 0.29) is 18.8 Å². The van der Waals surface area contributed by atoms with Gasteiger partial charge < -0.3 is 4.98 Å². The summed E-state index contributed by atoms with van der Waals surface area (Å²) in [6.45, 7) is 0.733. The maximum Gasteiger partial charge on any atom is 0.404 e. The van der Waals surface area contributed by atoms with Crippen LogP contribution in [0.5, 0.6) is 0 Å². The molecular weight excluding hydrogens is 346 g/mol. The lowest BCUT2D eigenvalue weighted by Crippen LogP contribution is -2.40. The van der Waals surface area contributed by atoms with Gasteiger partial charge in [0.2, 0.25) is 0 Å². The minimum Gasteiger partial charge on any atom is -0.338 e. The minimum absolute atomic E-state index is 0.164. The van der Waals surface area contributed by atoms with Crippen molar-refractivity contribution in [3.8, 4) is 11.4 Å². The maximum absolute atomic E-state index is 13.3. The van der Waals surface area contributed by atoms with Gasteiger partial charge in [0, 0.05) is 12.1 Å². The standard InChI is InChI=1S/C19H17F4N3/c20-14-7-8-15-16(10-14)25-18(24-15)13-5-3-12(4-6-13)11-26-9-1-2-17(26)19(21,22)23/h3-8,10,17H,1-2,9,11H2,(H,24,25). The lowest BCUT2D eigenvalue weighted by molar-refractivity contribution is -0.177. The van der Waals surface area contributed by atoms with Crippen molar-refractivity contribution in [3.05, 3.63) is 53.8 Å². The van der Waals surface area contributed by atoms with Crippen LogP contribution in [0.15, 0.2) is 42.5 Å². The number of halogens is 4. The van der Waals surface area contributed by atoms with Gasteiger partial charge in [0.05, 0.1) is 11.0 Å². The van der Waals surface area contributed by atoms with E-state index in [2.05, 4.69) is 9.97 Å². The summed E-state index contributed by atoms with van der Waals surface area (Å²) in [7, 11) is 0. The second-order valence-corrected chi connectivity index (χ2v) is 6.61. The van der Waals surface area contributed by atoms with Gasteiger partial charge in [-0.2, -0.15) is 13.2 Å². The number of alkyl halides is 3. The molecule has 3 aromatic rings. The maximum atomic E-state index is 13.3. The van der Waals surface area contributed by atoms with Crippen LogP contribution in [0.1, 0.15) is 18.4 Å². The number of imidazole rings is 1. The van der Waals surface area contributed by atoms with E-state index in [9.17, 15) is 17.6 Å². The molecule has 2 aromatic carbocycles. The van der Waals surface area contributed by atoms with Crippen LogP contribution in [0, 0.1) is 5.82 Å². The largest absolute Gasteiger partial charge is 0.404 e. The van der Waals surface area contributed by atoms with E-state index in [1.807, 2.05) is 24.3 Å². The first-order valence-electron chi connectivity index (χ1n) is 8.45. The van der Waals surface area contributed by atoms with Gasteiger partial charge in [0.25, 0.3) is 0 Å². The molecule has 0 aliphatic carbocycles. The molecule has 7 heteroatoms. The molecule has 1 fully saturated rings. The summed E-state index contributed by atoms with van der Waals surface area (Å²) in [4.78, 5) is 8.97. The van der Waals surface area contributed by atoms with Crippen LogP contribution in [0.3, 0.4) is 0 Å². The van der Waals surface area contributed by atoms with Gasteiger partial charge in [-0.25, -0.2) is 9.37 Å². The topological polar surface area (TPSA) is 31.9 Å². The van der Waals surface area contributed by atoms with Crippen molar-refractivity contribution in [1.82, 2.24) is 14.9 Å². The van der Waals surface area contributed by atoms with Crippen molar-refractivity contribution in [1.29, 1.82) is 0 Å². The van der Waals surface area contributed by atoms with Crippen molar-refractivity contribution in [2.24, 2.45) is 0 Å². The predicted molar refractivity (Wildman–Crippen MR) is 91.0 cm³/mol. The van der Waals surface area contributed by atoms with Gasteiger partial charge in [0.1, 0.15) is 17.7 Å². The third-order valence-electron chi connectivity index (χ3n) is 4.80. The smallest absolute Gasteiger partial charge is 0.338 e. The quantitative estimate of drug-likeness (QED) is 0.672.